The zero-order valence-electron chi connectivity index (χ0n) is 12.3. The number of aliphatic hydroxyl groups excluding tert-OH is 1. The van der Waals surface area contributed by atoms with E-state index in [1.807, 2.05) is 6.07 Å². The molecule has 2 rings (SSSR count). The molecule has 0 aliphatic carbocycles. The van der Waals surface area contributed by atoms with Crippen molar-refractivity contribution in [3.63, 3.8) is 0 Å². The van der Waals surface area contributed by atoms with Crippen molar-refractivity contribution in [1.29, 1.82) is 5.26 Å². The Balaban J connectivity index is 2.12. The number of hydrogen-bond acceptors (Lipinski definition) is 4. The summed E-state index contributed by atoms with van der Waals surface area (Å²) in [7, 11) is -3.82. The van der Waals surface area contributed by atoms with Crippen LogP contribution in [0.25, 0.3) is 0 Å². The Bertz CT molecular complexity index is 843. The molecule has 1 unspecified atom stereocenters. The predicted molar refractivity (Wildman–Crippen MR) is 82.4 cm³/mol. The van der Waals surface area contributed by atoms with E-state index in [-0.39, 0.29) is 11.4 Å². The van der Waals surface area contributed by atoms with Gasteiger partial charge in [0.2, 0.25) is 10.0 Å². The molecular weight excluding hydrogens is 319 g/mol. The van der Waals surface area contributed by atoms with E-state index in [0.29, 0.717) is 16.7 Å². The molecule has 0 aromatic heterocycles. The van der Waals surface area contributed by atoms with Gasteiger partial charge in [-0.25, -0.2) is 17.5 Å². The number of halogens is 1. The van der Waals surface area contributed by atoms with Gasteiger partial charge in [0.15, 0.2) is 0 Å². The quantitative estimate of drug-likeness (QED) is 0.875. The Hall–Kier alpha value is -2.27. The molecule has 0 radical (unpaired) electrons. The summed E-state index contributed by atoms with van der Waals surface area (Å²) in [6, 6.07) is 11.3. The summed E-state index contributed by atoms with van der Waals surface area (Å²) in [6.45, 7) is 1.35. The van der Waals surface area contributed by atoms with Gasteiger partial charge in [0.1, 0.15) is 5.82 Å². The summed E-state index contributed by atoms with van der Waals surface area (Å²) in [5.41, 5.74) is 1.21. The molecular formula is C16H15FN2O3S. The molecule has 0 saturated carbocycles. The van der Waals surface area contributed by atoms with Crippen molar-refractivity contribution in [3.8, 4) is 6.07 Å². The van der Waals surface area contributed by atoms with E-state index < -0.39 is 21.9 Å². The summed E-state index contributed by atoms with van der Waals surface area (Å²) < 4.78 is 39.7. The van der Waals surface area contributed by atoms with Crippen molar-refractivity contribution in [3.05, 3.63) is 65.0 Å². The molecule has 2 aromatic carbocycles. The van der Waals surface area contributed by atoms with Crippen LogP contribution in [0.5, 0.6) is 0 Å². The smallest absolute Gasteiger partial charge is 0.240 e. The second-order valence-electron chi connectivity index (χ2n) is 5.01. The third-order valence-corrected chi connectivity index (χ3v) is 4.90. The van der Waals surface area contributed by atoms with Gasteiger partial charge in [-0.15, -0.1) is 0 Å². The summed E-state index contributed by atoms with van der Waals surface area (Å²) in [5, 5.41) is 18.8. The van der Waals surface area contributed by atoms with E-state index in [1.165, 1.54) is 42.5 Å². The average Bonchev–Trinajstić information content (AvgIpc) is 2.53. The molecule has 0 spiro atoms. The minimum Gasteiger partial charge on any atom is -0.387 e. The molecule has 0 heterocycles. The summed E-state index contributed by atoms with van der Waals surface area (Å²) in [5.74, 6) is -0.435. The summed E-state index contributed by atoms with van der Waals surface area (Å²) in [4.78, 5) is 0.0443. The van der Waals surface area contributed by atoms with Crippen molar-refractivity contribution in [2.75, 3.05) is 6.54 Å². The predicted octanol–water partition coefficient (Wildman–Crippen LogP) is 2.02. The van der Waals surface area contributed by atoms with Gasteiger partial charge in [0.05, 0.1) is 22.6 Å². The largest absolute Gasteiger partial charge is 0.387 e. The average molecular weight is 334 g/mol. The van der Waals surface area contributed by atoms with Crippen LogP contribution in [-0.2, 0) is 10.0 Å². The van der Waals surface area contributed by atoms with Crippen LogP contribution in [0.15, 0.2) is 47.4 Å². The number of nitrogens with zero attached hydrogens (tertiary/aromatic N) is 1. The molecule has 0 amide bonds. The monoisotopic (exact) mass is 334 g/mol. The lowest BCUT2D eigenvalue weighted by Gasteiger charge is -2.14. The van der Waals surface area contributed by atoms with Crippen LogP contribution >= 0.6 is 0 Å². The topological polar surface area (TPSA) is 90.2 Å². The Labute approximate surface area is 134 Å². The number of sulfonamides is 1. The van der Waals surface area contributed by atoms with Crippen LogP contribution in [0.2, 0.25) is 0 Å². The zero-order chi connectivity index (χ0) is 17.0. The van der Waals surface area contributed by atoms with Crippen molar-refractivity contribution >= 4 is 10.0 Å². The molecule has 0 aliphatic rings. The summed E-state index contributed by atoms with van der Waals surface area (Å²) >= 11 is 0. The summed E-state index contributed by atoms with van der Waals surface area (Å²) in [6.07, 6.45) is -1.09. The van der Waals surface area contributed by atoms with Crippen LogP contribution in [0.4, 0.5) is 4.39 Å². The normalized spacial score (nSPS) is 12.6. The van der Waals surface area contributed by atoms with Crippen molar-refractivity contribution in [1.82, 2.24) is 4.72 Å². The van der Waals surface area contributed by atoms with Gasteiger partial charge in [0, 0.05) is 6.54 Å². The zero-order valence-corrected chi connectivity index (χ0v) is 13.1. The molecule has 0 aliphatic heterocycles. The Morgan fingerprint density at radius 1 is 1.26 bits per heavy atom. The third kappa shape index (κ3) is 4.13. The number of aryl methyl sites for hydroxylation is 1. The van der Waals surface area contributed by atoms with E-state index in [9.17, 15) is 17.9 Å². The highest BCUT2D eigenvalue weighted by atomic mass is 32.2. The van der Waals surface area contributed by atoms with E-state index >= 15 is 0 Å². The third-order valence-electron chi connectivity index (χ3n) is 3.32. The van der Waals surface area contributed by atoms with Crippen molar-refractivity contribution < 1.29 is 17.9 Å². The Kier molecular flexibility index (Phi) is 5.11. The van der Waals surface area contributed by atoms with Crippen LogP contribution in [0, 0.1) is 24.1 Å². The first kappa shape index (κ1) is 17.1. The van der Waals surface area contributed by atoms with Gasteiger partial charge < -0.3 is 5.11 Å². The van der Waals surface area contributed by atoms with Gasteiger partial charge >= 0.3 is 0 Å². The van der Waals surface area contributed by atoms with Crippen LogP contribution in [-0.4, -0.2) is 20.1 Å². The van der Waals surface area contributed by atoms with E-state index in [0.717, 1.165) is 0 Å². The number of nitriles is 1. The minimum absolute atomic E-state index is 0.0443. The second-order valence-corrected chi connectivity index (χ2v) is 6.75. The molecule has 2 aromatic rings. The fraction of sp³-hybridized carbons (Fsp3) is 0.188. The lowest BCUT2D eigenvalue weighted by atomic mass is 10.1. The Morgan fingerprint density at radius 3 is 2.48 bits per heavy atom. The van der Waals surface area contributed by atoms with Crippen molar-refractivity contribution in [2.45, 2.75) is 17.9 Å². The first-order chi connectivity index (χ1) is 10.8. The molecule has 5 nitrogen and oxygen atoms in total. The highest BCUT2D eigenvalue weighted by Gasteiger charge is 2.19. The number of benzene rings is 2. The fourth-order valence-electron chi connectivity index (χ4n) is 2.09. The SMILES string of the molecule is Cc1cc(C#N)ccc1S(=O)(=O)NCC(O)c1ccc(F)cc1. The molecule has 0 fully saturated rings. The van der Waals surface area contributed by atoms with E-state index in [4.69, 9.17) is 5.26 Å². The maximum atomic E-state index is 12.8. The van der Waals surface area contributed by atoms with Gasteiger partial charge in [0.25, 0.3) is 0 Å². The molecule has 0 bridgehead atoms. The molecule has 120 valence electrons. The van der Waals surface area contributed by atoms with Gasteiger partial charge in [-0.1, -0.05) is 12.1 Å². The lowest BCUT2D eigenvalue weighted by molar-refractivity contribution is 0.182. The van der Waals surface area contributed by atoms with E-state index in [2.05, 4.69) is 4.72 Å². The maximum absolute atomic E-state index is 12.8. The maximum Gasteiger partial charge on any atom is 0.240 e. The van der Waals surface area contributed by atoms with Crippen LogP contribution in [0.1, 0.15) is 22.8 Å². The van der Waals surface area contributed by atoms with E-state index in [1.54, 1.807) is 6.92 Å². The molecule has 0 saturated heterocycles. The molecule has 2 N–H and O–H groups in total. The van der Waals surface area contributed by atoms with Gasteiger partial charge in [-0.05, 0) is 48.4 Å². The molecule has 7 heteroatoms. The lowest BCUT2D eigenvalue weighted by Crippen LogP contribution is -2.29. The fourth-order valence-corrected chi connectivity index (χ4v) is 3.35. The first-order valence-corrected chi connectivity index (χ1v) is 8.26. The second kappa shape index (κ2) is 6.87. The highest BCUT2D eigenvalue weighted by Crippen LogP contribution is 2.18. The van der Waals surface area contributed by atoms with Crippen LogP contribution in [0.3, 0.4) is 0 Å². The highest BCUT2D eigenvalue weighted by molar-refractivity contribution is 7.89. The Morgan fingerprint density at radius 2 is 1.91 bits per heavy atom. The molecule has 1 atom stereocenters. The number of nitrogens with one attached hydrogen (secondary N) is 1. The first-order valence-electron chi connectivity index (χ1n) is 6.77. The minimum atomic E-state index is -3.82. The number of rotatable bonds is 5. The van der Waals surface area contributed by atoms with Gasteiger partial charge in [-0.2, -0.15) is 5.26 Å². The number of hydrogen-bond donors (Lipinski definition) is 2. The standard InChI is InChI=1S/C16H15FN2O3S/c1-11-8-12(9-18)2-7-16(11)23(21,22)19-10-15(20)13-3-5-14(17)6-4-13/h2-8,15,19-20H,10H2,1H3. The van der Waals surface area contributed by atoms with Crippen LogP contribution < -0.4 is 4.72 Å². The van der Waals surface area contributed by atoms with Gasteiger partial charge in [-0.3, -0.25) is 0 Å². The number of aliphatic hydroxyl groups is 1. The molecule has 23 heavy (non-hydrogen) atoms. The van der Waals surface area contributed by atoms with Crippen molar-refractivity contribution in [2.24, 2.45) is 0 Å².